The molecule has 0 N–H and O–H groups in total. The Morgan fingerprint density at radius 2 is 1.78 bits per heavy atom. The van der Waals surface area contributed by atoms with E-state index in [1.165, 1.54) is 5.56 Å². The van der Waals surface area contributed by atoms with Crippen LogP contribution >= 0.6 is 15.9 Å². The second-order valence-corrected chi connectivity index (χ2v) is 6.38. The molecule has 0 amide bonds. The maximum absolute atomic E-state index is 13.3. The number of halogens is 3. The molecule has 2 aliphatic rings. The Morgan fingerprint density at radius 3 is 2.33 bits per heavy atom. The van der Waals surface area contributed by atoms with E-state index in [0.29, 0.717) is 12.8 Å². The highest BCUT2D eigenvalue weighted by molar-refractivity contribution is 9.10. The van der Waals surface area contributed by atoms with E-state index in [9.17, 15) is 8.78 Å². The topological polar surface area (TPSA) is 3.24 Å². The van der Waals surface area contributed by atoms with Gasteiger partial charge in [-0.2, -0.15) is 0 Å². The SMILES string of the molecule is FC1(F)CC12CCN(Cc1ccccc1Br)CC2. The van der Waals surface area contributed by atoms with Gasteiger partial charge in [0.15, 0.2) is 0 Å². The molecule has 1 aromatic carbocycles. The van der Waals surface area contributed by atoms with Crippen LogP contribution in [0.15, 0.2) is 28.7 Å². The molecule has 98 valence electrons. The van der Waals surface area contributed by atoms with Gasteiger partial charge in [-0.1, -0.05) is 34.1 Å². The fourth-order valence-corrected chi connectivity index (χ4v) is 3.34. The van der Waals surface area contributed by atoms with Crippen molar-refractivity contribution < 1.29 is 8.78 Å². The first-order valence-electron chi connectivity index (χ1n) is 6.36. The largest absolute Gasteiger partial charge is 0.299 e. The standard InChI is InChI=1S/C14H16BrF2N/c15-12-4-2-1-3-11(12)9-18-7-5-13(6-8-18)10-14(13,16)17/h1-4H,5-10H2. The van der Waals surface area contributed by atoms with Gasteiger partial charge in [-0.25, -0.2) is 8.78 Å². The molecule has 0 atom stereocenters. The van der Waals surface area contributed by atoms with Crippen LogP contribution in [0.2, 0.25) is 0 Å². The molecule has 3 rings (SSSR count). The Balaban J connectivity index is 1.60. The van der Waals surface area contributed by atoms with E-state index in [1.807, 2.05) is 18.2 Å². The lowest BCUT2D eigenvalue weighted by Gasteiger charge is -2.32. The molecule has 4 heteroatoms. The van der Waals surface area contributed by atoms with Crippen molar-refractivity contribution in [1.29, 1.82) is 0 Å². The molecule has 0 radical (unpaired) electrons. The zero-order valence-electron chi connectivity index (χ0n) is 10.1. The summed E-state index contributed by atoms with van der Waals surface area (Å²) in [5, 5.41) is 0. The minimum absolute atomic E-state index is 0.114. The lowest BCUT2D eigenvalue weighted by atomic mass is 9.92. The first kappa shape index (κ1) is 12.5. The number of rotatable bonds is 2. The van der Waals surface area contributed by atoms with Crippen LogP contribution in [-0.2, 0) is 6.54 Å². The molecule has 1 aliphatic heterocycles. The quantitative estimate of drug-likeness (QED) is 0.795. The summed E-state index contributed by atoms with van der Waals surface area (Å²) in [5.74, 6) is -2.38. The van der Waals surface area contributed by atoms with Crippen LogP contribution in [0, 0.1) is 5.41 Å². The molecule has 1 aliphatic carbocycles. The first-order valence-corrected chi connectivity index (χ1v) is 7.15. The lowest BCUT2D eigenvalue weighted by Crippen LogP contribution is -2.36. The van der Waals surface area contributed by atoms with Crippen molar-refractivity contribution in [3.05, 3.63) is 34.3 Å². The Hall–Kier alpha value is -0.480. The summed E-state index contributed by atoms with van der Waals surface area (Å²) in [4.78, 5) is 2.28. The Kier molecular flexibility index (Phi) is 2.98. The van der Waals surface area contributed by atoms with Gasteiger partial charge in [0.25, 0.3) is 5.92 Å². The summed E-state index contributed by atoms with van der Waals surface area (Å²) in [6, 6.07) is 8.11. The van der Waals surface area contributed by atoms with Gasteiger partial charge in [-0.05, 0) is 37.6 Å². The molecule has 18 heavy (non-hydrogen) atoms. The third-order valence-corrected chi connectivity index (χ3v) is 5.15. The zero-order chi connectivity index (χ0) is 12.8. The summed E-state index contributed by atoms with van der Waals surface area (Å²) in [7, 11) is 0. The second-order valence-electron chi connectivity index (χ2n) is 5.53. The molecule has 1 saturated carbocycles. The summed E-state index contributed by atoms with van der Waals surface area (Å²) >= 11 is 3.53. The predicted molar refractivity (Wildman–Crippen MR) is 70.7 cm³/mol. The summed E-state index contributed by atoms with van der Waals surface area (Å²) in [6.07, 6.45) is 1.40. The normalized spacial score (nSPS) is 25.3. The van der Waals surface area contributed by atoms with E-state index in [0.717, 1.165) is 24.1 Å². The van der Waals surface area contributed by atoms with Gasteiger partial charge < -0.3 is 0 Å². The van der Waals surface area contributed by atoms with E-state index < -0.39 is 11.3 Å². The summed E-state index contributed by atoms with van der Waals surface area (Å²) in [5.41, 5.74) is 0.591. The van der Waals surface area contributed by atoms with Crippen LogP contribution in [-0.4, -0.2) is 23.9 Å². The van der Waals surface area contributed by atoms with E-state index in [-0.39, 0.29) is 6.42 Å². The average molecular weight is 316 g/mol. The average Bonchev–Trinajstić information content (AvgIpc) is 2.86. The van der Waals surface area contributed by atoms with Crippen molar-refractivity contribution in [2.75, 3.05) is 13.1 Å². The van der Waals surface area contributed by atoms with Crippen LogP contribution in [0.4, 0.5) is 8.78 Å². The zero-order valence-corrected chi connectivity index (χ0v) is 11.7. The Bertz CT molecular complexity index is 453. The van der Waals surface area contributed by atoms with Crippen LogP contribution < -0.4 is 0 Å². The molecule has 2 fully saturated rings. The number of piperidine rings is 1. The second kappa shape index (κ2) is 4.27. The fourth-order valence-electron chi connectivity index (χ4n) is 2.93. The van der Waals surface area contributed by atoms with Crippen molar-refractivity contribution in [2.24, 2.45) is 5.41 Å². The molecule has 0 bridgehead atoms. The monoisotopic (exact) mass is 315 g/mol. The third kappa shape index (κ3) is 2.10. The lowest BCUT2D eigenvalue weighted by molar-refractivity contribution is 0.0299. The van der Waals surface area contributed by atoms with E-state index in [1.54, 1.807) is 0 Å². The number of benzene rings is 1. The smallest absolute Gasteiger partial charge is 0.254 e. The first-order chi connectivity index (χ1) is 8.52. The van der Waals surface area contributed by atoms with Gasteiger partial charge in [-0.3, -0.25) is 4.90 Å². The highest BCUT2D eigenvalue weighted by atomic mass is 79.9. The van der Waals surface area contributed by atoms with Gasteiger partial charge in [0.05, 0.1) is 0 Å². The number of likely N-dealkylation sites (tertiary alicyclic amines) is 1. The molecule has 1 spiro atoms. The maximum Gasteiger partial charge on any atom is 0.254 e. The fraction of sp³-hybridized carbons (Fsp3) is 0.571. The number of alkyl halides is 2. The van der Waals surface area contributed by atoms with Gasteiger partial charge in [0.1, 0.15) is 0 Å². The highest BCUT2D eigenvalue weighted by Crippen LogP contribution is 2.65. The van der Waals surface area contributed by atoms with Crippen molar-refractivity contribution in [3.8, 4) is 0 Å². The minimum Gasteiger partial charge on any atom is -0.299 e. The van der Waals surface area contributed by atoms with E-state index in [4.69, 9.17) is 0 Å². The van der Waals surface area contributed by atoms with Crippen LogP contribution in [0.1, 0.15) is 24.8 Å². The summed E-state index contributed by atoms with van der Waals surface area (Å²) < 4.78 is 27.6. The number of hydrogen-bond acceptors (Lipinski definition) is 1. The number of hydrogen-bond donors (Lipinski definition) is 0. The van der Waals surface area contributed by atoms with Crippen molar-refractivity contribution >= 4 is 15.9 Å². The van der Waals surface area contributed by atoms with Crippen molar-refractivity contribution in [1.82, 2.24) is 4.90 Å². The van der Waals surface area contributed by atoms with E-state index in [2.05, 4.69) is 26.9 Å². The van der Waals surface area contributed by atoms with Crippen molar-refractivity contribution in [3.63, 3.8) is 0 Å². The maximum atomic E-state index is 13.3. The third-order valence-electron chi connectivity index (χ3n) is 4.38. The minimum atomic E-state index is -2.38. The molecule has 1 nitrogen and oxygen atoms in total. The Labute approximate surface area is 114 Å². The molecule has 0 unspecified atom stereocenters. The summed E-state index contributed by atoms with van der Waals surface area (Å²) in [6.45, 7) is 2.43. The van der Waals surface area contributed by atoms with Crippen LogP contribution in [0.5, 0.6) is 0 Å². The molecule has 1 aromatic rings. The number of nitrogens with zero attached hydrogens (tertiary/aromatic N) is 1. The molecule has 1 heterocycles. The van der Waals surface area contributed by atoms with Gasteiger partial charge in [0, 0.05) is 22.9 Å². The van der Waals surface area contributed by atoms with Gasteiger partial charge >= 0.3 is 0 Å². The molecular weight excluding hydrogens is 300 g/mol. The molecule has 1 saturated heterocycles. The molecular formula is C14H16BrF2N. The van der Waals surface area contributed by atoms with Gasteiger partial charge in [-0.15, -0.1) is 0 Å². The molecule has 0 aromatic heterocycles. The van der Waals surface area contributed by atoms with Crippen LogP contribution in [0.25, 0.3) is 0 Å². The van der Waals surface area contributed by atoms with Gasteiger partial charge in [0.2, 0.25) is 0 Å². The highest BCUT2D eigenvalue weighted by Gasteiger charge is 2.70. The van der Waals surface area contributed by atoms with E-state index >= 15 is 0 Å². The predicted octanol–water partition coefficient (Wildman–Crippen LogP) is 4.07. The van der Waals surface area contributed by atoms with Crippen molar-refractivity contribution in [2.45, 2.75) is 31.7 Å². The Morgan fingerprint density at radius 1 is 1.17 bits per heavy atom. The van der Waals surface area contributed by atoms with Crippen LogP contribution in [0.3, 0.4) is 0 Å².